The normalized spacial score (nSPS) is 17.8. The summed E-state index contributed by atoms with van der Waals surface area (Å²) in [5.41, 5.74) is 1.07. The zero-order chi connectivity index (χ0) is 12.1. The lowest BCUT2D eigenvalue weighted by Crippen LogP contribution is -2.15. The van der Waals surface area contributed by atoms with Gasteiger partial charge in [-0.1, -0.05) is 46.4 Å². The SMILES string of the molecule is Clc1cccc(OC2CCCCCC2)c1CBr. The third-order valence-electron chi connectivity index (χ3n) is 3.31. The van der Waals surface area contributed by atoms with Gasteiger partial charge in [-0.15, -0.1) is 0 Å². The Balaban J connectivity index is 2.09. The van der Waals surface area contributed by atoms with Gasteiger partial charge >= 0.3 is 0 Å². The van der Waals surface area contributed by atoms with E-state index in [0.717, 1.165) is 21.7 Å². The van der Waals surface area contributed by atoms with Crippen LogP contribution in [0.2, 0.25) is 5.02 Å². The number of rotatable bonds is 3. The highest BCUT2D eigenvalue weighted by Crippen LogP contribution is 2.31. The van der Waals surface area contributed by atoms with E-state index in [1.807, 2.05) is 18.2 Å². The molecule has 0 spiro atoms. The second kappa shape index (κ2) is 6.65. The topological polar surface area (TPSA) is 9.23 Å². The van der Waals surface area contributed by atoms with E-state index < -0.39 is 0 Å². The molecule has 0 unspecified atom stereocenters. The third kappa shape index (κ3) is 3.62. The molecule has 0 aliphatic heterocycles. The van der Waals surface area contributed by atoms with E-state index in [0.29, 0.717) is 6.10 Å². The van der Waals surface area contributed by atoms with Crippen LogP contribution in [-0.4, -0.2) is 6.10 Å². The van der Waals surface area contributed by atoms with Gasteiger partial charge in [0.1, 0.15) is 5.75 Å². The molecule has 1 nitrogen and oxygen atoms in total. The minimum Gasteiger partial charge on any atom is -0.490 e. The molecule has 3 heteroatoms. The molecule has 1 fully saturated rings. The highest BCUT2D eigenvalue weighted by Gasteiger charge is 2.16. The molecule has 1 aliphatic rings. The van der Waals surface area contributed by atoms with Gasteiger partial charge in [0, 0.05) is 15.9 Å². The molecule has 0 heterocycles. The van der Waals surface area contributed by atoms with Crippen LogP contribution in [0.1, 0.15) is 44.1 Å². The molecular formula is C14H18BrClO. The lowest BCUT2D eigenvalue weighted by Gasteiger charge is -2.19. The second-order valence-electron chi connectivity index (χ2n) is 4.58. The van der Waals surface area contributed by atoms with Gasteiger partial charge in [0.25, 0.3) is 0 Å². The molecule has 0 saturated heterocycles. The number of benzene rings is 1. The van der Waals surface area contributed by atoms with Crippen LogP contribution < -0.4 is 4.74 Å². The van der Waals surface area contributed by atoms with Gasteiger partial charge < -0.3 is 4.74 Å². The van der Waals surface area contributed by atoms with Crippen LogP contribution in [0.15, 0.2) is 18.2 Å². The number of hydrogen-bond acceptors (Lipinski definition) is 1. The largest absolute Gasteiger partial charge is 0.490 e. The van der Waals surface area contributed by atoms with Crippen LogP contribution in [0, 0.1) is 0 Å². The van der Waals surface area contributed by atoms with Gasteiger partial charge in [0.05, 0.1) is 6.10 Å². The fraction of sp³-hybridized carbons (Fsp3) is 0.571. The van der Waals surface area contributed by atoms with Gasteiger partial charge in [0.15, 0.2) is 0 Å². The molecule has 0 bridgehead atoms. The van der Waals surface area contributed by atoms with Crippen molar-refractivity contribution in [1.82, 2.24) is 0 Å². The first kappa shape index (κ1) is 13.2. The first-order valence-electron chi connectivity index (χ1n) is 6.31. The first-order valence-corrected chi connectivity index (χ1v) is 7.81. The molecule has 0 atom stereocenters. The minimum absolute atomic E-state index is 0.369. The Hall–Kier alpha value is -0.210. The monoisotopic (exact) mass is 316 g/mol. The molecule has 1 aliphatic carbocycles. The van der Waals surface area contributed by atoms with E-state index >= 15 is 0 Å². The second-order valence-corrected chi connectivity index (χ2v) is 5.55. The van der Waals surface area contributed by atoms with Crippen molar-refractivity contribution in [1.29, 1.82) is 0 Å². The molecule has 17 heavy (non-hydrogen) atoms. The van der Waals surface area contributed by atoms with E-state index in [1.165, 1.54) is 38.5 Å². The molecule has 2 rings (SSSR count). The maximum absolute atomic E-state index is 6.17. The third-order valence-corrected chi connectivity index (χ3v) is 4.22. The molecular weight excluding hydrogens is 300 g/mol. The van der Waals surface area contributed by atoms with Crippen molar-refractivity contribution < 1.29 is 4.74 Å². The summed E-state index contributed by atoms with van der Waals surface area (Å²) in [5, 5.41) is 1.53. The van der Waals surface area contributed by atoms with Crippen LogP contribution >= 0.6 is 27.5 Å². The van der Waals surface area contributed by atoms with Gasteiger partial charge in [-0.3, -0.25) is 0 Å². The first-order chi connectivity index (χ1) is 8.31. The molecule has 0 N–H and O–H groups in total. The van der Waals surface area contributed by atoms with E-state index in [4.69, 9.17) is 16.3 Å². The zero-order valence-corrected chi connectivity index (χ0v) is 12.3. The van der Waals surface area contributed by atoms with Crippen molar-refractivity contribution >= 4 is 27.5 Å². The van der Waals surface area contributed by atoms with Crippen LogP contribution in [0.4, 0.5) is 0 Å². The zero-order valence-electron chi connectivity index (χ0n) is 9.92. The molecule has 0 aromatic heterocycles. The predicted molar refractivity (Wildman–Crippen MR) is 76.2 cm³/mol. The van der Waals surface area contributed by atoms with Gasteiger partial charge in [-0.2, -0.15) is 0 Å². The number of halogens is 2. The Morgan fingerprint density at radius 3 is 2.53 bits per heavy atom. The molecule has 94 valence electrons. The summed E-state index contributed by atoms with van der Waals surface area (Å²) in [6.07, 6.45) is 7.99. The van der Waals surface area contributed by atoms with Crippen molar-refractivity contribution in [3.8, 4) is 5.75 Å². The standard InChI is InChI=1S/C14H18BrClO/c15-10-12-13(16)8-5-9-14(12)17-11-6-3-1-2-4-7-11/h5,8-9,11H,1-4,6-7,10H2. The van der Waals surface area contributed by atoms with Crippen LogP contribution in [0.25, 0.3) is 0 Å². The lowest BCUT2D eigenvalue weighted by atomic mass is 10.1. The summed E-state index contributed by atoms with van der Waals surface area (Å²) in [7, 11) is 0. The van der Waals surface area contributed by atoms with Crippen molar-refractivity contribution in [3.63, 3.8) is 0 Å². The van der Waals surface area contributed by atoms with Crippen molar-refractivity contribution in [2.45, 2.75) is 50.0 Å². The number of alkyl halides is 1. The summed E-state index contributed by atoms with van der Waals surface area (Å²) < 4.78 is 6.12. The fourth-order valence-electron chi connectivity index (χ4n) is 2.32. The van der Waals surface area contributed by atoms with E-state index in [-0.39, 0.29) is 0 Å². The summed E-state index contributed by atoms with van der Waals surface area (Å²) in [5.74, 6) is 0.946. The fourth-order valence-corrected chi connectivity index (χ4v) is 3.29. The number of hydrogen-bond donors (Lipinski definition) is 0. The van der Waals surface area contributed by atoms with E-state index in [1.54, 1.807) is 0 Å². The van der Waals surface area contributed by atoms with Crippen LogP contribution in [0.3, 0.4) is 0 Å². The van der Waals surface area contributed by atoms with Gasteiger partial charge in [-0.05, 0) is 37.8 Å². The Labute approximate surface area is 117 Å². The number of ether oxygens (including phenoxy) is 1. The van der Waals surface area contributed by atoms with Crippen molar-refractivity contribution in [2.24, 2.45) is 0 Å². The molecule has 1 aromatic carbocycles. The smallest absolute Gasteiger partial charge is 0.125 e. The van der Waals surface area contributed by atoms with Crippen molar-refractivity contribution in [3.05, 3.63) is 28.8 Å². The summed E-state index contributed by atoms with van der Waals surface area (Å²) >= 11 is 9.64. The molecule has 1 aromatic rings. The Bertz CT molecular complexity index is 359. The van der Waals surface area contributed by atoms with E-state index in [2.05, 4.69) is 15.9 Å². The van der Waals surface area contributed by atoms with E-state index in [9.17, 15) is 0 Å². The van der Waals surface area contributed by atoms with Gasteiger partial charge in [-0.25, -0.2) is 0 Å². The molecule has 0 radical (unpaired) electrons. The van der Waals surface area contributed by atoms with Crippen LogP contribution in [-0.2, 0) is 5.33 Å². The summed E-state index contributed by atoms with van der Waals surface area (Å²) in [6, 6.07) is 5.89. The summed E-state index contributed by atoms with van der Waals surface area (Å²) in [6.45, 7) is 0. The summed E-state index contributed by atoms with van der Waals surface area (Å²) in [4.78, 5) is 0. The van der Waals surface area contributed by atoms with Crippen LogP contribution in [0.5, 0.6) is 5.75 Å². The molecule has 0 amide bonds. The highest BCUT2D eigenvalue weighted by molar-refractivity contribution is 9.08. The highest BCUT2D eigenvalue weighted by atomic mass is 79.9. The quantitative estimate of drug-likeness (QED) is 0.540. The predicted octanol–water partition coefficient (Wildman–Crippen LogP) is 5.34. The lowest BCUT2D eigenvalue weighted by molar-refractivity contribution is 0.182. The maximum Gasteiger partial charge on any atom is 0.125 e. The minimum atomic E-state index is 0.369. The van der Waals surface area contributed by atoms with Gasteiger partial charge in [0.2, 0.25) is 0 Å². The Morgan fingerprint density at radius 2 is 1.88 bits per heavy atom. The average Bonchev–Trinajstić information content (AvgIpc) is 2.58. The molecule has 1 saturated carbocycles. The maximum atomic E-state index is 6.17. The Kier molecular flexibility index (Phi) is 5.17. The van der Waals surface area contributed by atoms with Crippen molar-refractivity contribution in [2.75, 3.05) is 0 Å². The average molecular weight is 318 g/mol. The Morgan fingerprint density at radius 1 is 1.18 bits per heavy atom.